The molecule has 0 saturated heterocycles. The maximum Gasteiger partial charge on any atom is 0.245 e. The van der Waals surface area contributed by atoms with E-state index >= 15 is 0 Å². The number of hydrogen-bond acceptors (Lipinski definition) is 8. The van der Waals surface area contributed by atoms with Crippen LogP contribution in [-0.4, -0.2) is 37.4 Å². The summed E-state index contributed by atoms with van der Waals surface area (Å²) in [5.74, 6) is -0.421. The highest BCUT2D eigenvalue weighted by atomic mass is 35.5. The number of primary amides is 1. The molecule has 11 heteroatoms. The highest BCUT2D eigenvalue weighted by molar-refractivity contribution is 6.35. The van der Waals surface area contributed by atoms with E-state index in [-0.39, 0.29) is 5.41 Å². The van der Waals surface area contributed by atoms with Crippen LogP contribution in [0.4, 0.5) is 11.4 Å². The van der Waals surface area contributed by atoms with Crippen LogP contribution < -0.4 is 16.4 Å². The van der Waals surface area contributed by atoms with Crippen molar-refractivity contribution in [2.45, 2.75) is 45.2 Å². The number of halogens is 1. The number of aromatic nitrogens is 5. The van der Waals surface area contributed by atoms with E-state index in [1.54, 1.807) is 23.3 Å². The Morgan fingerprint density at radius 1 is 1.19 bits per heavy atom. The highest BCUT2D eigenvalue weighted by Gasteiger charge is 2.52. The second kappa shape index (κ2) is 10.3. The van der Waals surface area contributed by atoms with Crippen molar-refractivity contribution < 1.29 is 4.79 Å². The van der Waals surface area contributed by atoms with Crippen molar-refractivity contribution in [3.05, 3.63) is 82.9 Å². The molecule has 6 rings (SSSR count). The van der Waals surface area contributed by atoms with Gasteiger partial charge in [-0.05, 0) is 48.1 Å². The van der Waals surface area contributed by atoms with Gasteiger partial charge in [0.15, 0.2) is 0 Å². The van der Waals surface area contributed by atoms with Gasteiger partial charge in [-0.2, -0.15) is 5.26 Å². The van der Waals surface area contributed by atoms with Gasteiger partial charge in [0.05, 0.1) is 39.5 Å². The molecule has 4 N–H and O–H groups in total. The van der Waals surface area contributed by atoms with Crippen molar-refractivity contribution in [1.82, 2.24) is 25.0 Å². The molecule has 3 aromatic heterocycles. The number of benzene rings is 2. The predicted octanol–water partition coefficient (Wildman–Crippen LogP) is 5.53. The molecule has 0 unspecified atom stereocenters. The minimum Gasteiger partial charge on any atom is -0.383 e. The Balaban J connectivity index is 1.49. The van der Waals surface area contributed by atoms with Gasteiger partial charge in [-0.1, -0.05) is 55.8 Å². The first-order valence-corrected chi connectivity index (χ1v) is 14.1. The Morgan fingerprint density at radius 3 is 2.71 bits per heavy atom. The van der Waals surface area contributed by atoms with E-state index < -0.39 is 17.5 Å². The van der Waals surface area contributed by atoms with E-state index in [1.807, 2.05) is 42.5 Å². The fourth-order valence-corrected chi connectivity index (χ4v) is 5.42. The number of pyridine rings is 2. The predicted molar refractivity (Wildman–Crippen MR) is 163 cm³/mol. The number of carbonyl (C=O) groups is 1. The molecule has 1 fully saturated rings. The van der Waals surface area contributed by atoms with E-state index in [1.165, 1.54) is 0 Å². The van der Waals surface area contributed by atoms with Gasteiger partial charge >= 0.3 is 0 Å². The van der Waals surface area contributed by atoms with Gasteiger partial charge in [0.25, 0.3) is 0 Å². The zero-order chi connectivity index (χ0) is 29.6. The van der Waals surface area contributed by atoms with Crippen molar-refractivity contribution >= 4 is 50.7 Å². The van der Waals surface area contributed by atoms with Crippen LogP contribution in [0.15, 0.2) is 61.1 Å². The van der Waals surface area contributed by atoms with Gasteiger partial charge < -0.3 is 16.4 Å². The molecule has 1 aliphatic rings. The summed E-state index contributed by atoms with van der Waals surface area (Å²) in [5, 5.41) is 27.8. The number of nitrogens with one attached hydrogen (secondary N) is 2. The van der Waals surface area contributed by atoms with Crippen molar-refractivity contribution in [3.8, 4) is 6.07 Å². The summed E-state index contributed by atoms with van der Waals surface area (Å²) < 4.78 is 1.58. The van der Waals surface area contributed by atoms with E-state index in [0.717, 1.165) is 21.9 Å². The van der Waals surface area contributed by atoms with E-state index in [0.29, 0.717) is 52.6 Å². The lowest BCUT2D eigenvalue weighted by Gasteiger charge is -2.23. The molecule has 1 aliphatic carbocycles. The van der Waals surface area contributed by atoms with Crippen molar-refractivity contribution in [3.63, 3.8) is 0 Å². The number of rotatable bonds is 8. The Bertz CT molecular complexity index is 1880. The average molecular weight is 580 g/mol. The Kier molecular flexibility index (Phi) is 6.70. The van der Waals surface area contributed by atoms with Gasteiger partial charge in [0.2, 0.25) is 5.91 Å². The summed E-state index contributed by atoms with van der Waals surface area (Å²) in [7, 11) is 0. The quantitative estimate of drug-likeness (QED) is 0.217. The minimum absolute atomic E-state index is 0.0227. The fraction of sp³-hybridized carbons (Fsp3) is 0.290. The number of fused-ring (bicyclic) bond motifs is 2. The summed E-state index contributed by atoms with van der Waals surface area (Å²) in [6.07, 6.45) is 6.33. The lowest BCUT2D eigenvalue weighted by molar-refractivity contribution is -0.122. The monoisotopic (exact) mass is 579 g/mol. The molecule has 42 heavy (non-hydrogen) atoms. The van der Waals surface area contributed by atoms with Crippen LogP contribution in [0.2, 0.25) is 5.02 Å². The summed E-state index contributed by atoms with van der Waals surface area (Å²) in [6, 6.07) is 15.3. The second-order valence-electron chi connectivity index (χ2n) is 11.9. The number of anilines is 2. The van der Waals surface area contributed by atoms with Gasteiger partial charge in [0.1, 0.15) is 17.3 Å². The lowest BCUT2D eigenvalue weighted by atomic mass is 9.96. The Morgan fingerprint density at radius 2 is 2.00 bits per heavy atom. The van der Waals surface area contributed by atoms with Gasteiger partial charge in [-0.15, -0.1) is 5.10 Å². The van der Waals surface area contributed by atoms with Gasteiger partial charge in [-0.3, -0.25) is 14.8 Å². The van der Waals surface area contributed by atoms with Crippen LogP contribution in [0, 0.1) is 16.7 Å². The van der Waals surface area contributed by atoms with Crippen LogP contribution in [-0.2, 0) is 10.3 Å². The first-order chi connectivity index (χ1) is 20.1. The van der Waals surface area contributed by atoms with Gasteiger partial charge in [0, 0.05) is 35.4 Å². The molecule has 1 saturated carbocycles. The zero-order valence-corrected chi connectivity index (χ0v) is 24.3. The molecule has 1 amide bonds. The average Bonchev–Trinajstić information content (AvgIpc) is 3.64. The topological polar surface area (TPSA) is 147 Å². The van der Waals surface area contributed by atoms with E-state index in [2.05, 4.69) is 57.8 Å². The third kappa shape index (κ3) is 4.97. The van der Waals surface area contributed by atoms with Crippen molar-refractivity contribution in [2.75, 3.05) is 17.2 Å². The molecule has 0 aliphatic heterocycles. The summed E-state index contributed by atoms with van der Waals surface area (Å²) >= 11 is 6.79. The van der Waals surface area contributed by atoms with Crippen LogP contribution in [0.1, 0.15) is 56.5 Å². The molecule has 0 bridgehead atoms. The first-order valence-electron chi connectivity index (χ1n) is 13.7. The third-order valence-corrected chi connectivity index (χ3v) is 7.86. The van der Waals surface area contributed by atoms with Gasteiger partial charge in [-0.25, -0.2) is 4.68 Å². The van der Waals surface area contributed by atoms with Crippen LogP contribution >= 0.6 is 11.6 Å². The van der Waals surface area contributed by atoms with Crippen LogP contribution in [0.25, 0.3) is 21.8 Å². The Hall–Kier alpha value is -4.75. The molecule has 212 valence electrons. The standard InChI is InChI=1S/C31H30ClN9O/c1-30(2,3)17-37-26-18(14-33)15-36-27-22(26)12-19(13-23(27)32)38-28(21-6-4-8-24-20(21)7-5-11-35-24)25-16-41(40-39-25)31(9-10-31)29(34)42/h4-8,11-13,15-16,28,38H,9-10,17H2,1-3H3,(H2,34,42)(H,36,37)/t28-/m0/s1. The largest absolute Gasteiger partial charge is 0.383 e. The maximum atomic E-state index is 12.2. The SMILES string of the molecule is CC(C)(C)CNc1c(C#N)cnc2c(Cl)cc(N[C@H](c3cn(C4(C(N)=O)CC4)nn3)c3cccc4ncccc34)cc12. The summed E-state index contributed by atoms with van der Waals surface area (Å²) in [4.78, 5) is 21.2. The molecule has 10 nitrogen and oxygen atoms in total. The second-order valence-corrected chi connectivity index (χ2v) is 12.3. The summed E-state index contributed by atoms with van der Waals surface area (Å²) in [6.45, 7) is 7.01. The molecule has 5 aromatic rings. The summed E-state index contributed by atoms with van der Waals surface area (Å²) in [5.41, 5.74) is 9.60. The Labute approximate surface area is 247 Å². The number of nitrogens with zero attached hydrogens (tertiary/aromatic N) is 6. The first kappa shape index (κ1) is 27.4. The molecule has 3 heterocycles. The highest BCUT2D eigenvalue weighted by Crippen LogP contribution is 2.43. The molecule has 0 radical (unpaired) electrons. The molecule has 0 spiro atoms. The van der Waals surface area contributed by atoms with Crippen LogP contribution in [0.5, 0.6) is 0 Å². The number of nitrogens with two attached hydrogens (primary N) is 1. The number of amides is 1. The molecular formula is C31H30ClN9O. The minimum atomic E-state index is -0.838. The smallest absolute Gasteiger partial charge is 0.245 e. The van der Waals surface area contributed by atoms with Crippen molar-refractivity contribution in [2.24, 2.45) is 11.1 Å². The fourth-order valence-electron chi connectivity index (χ4n) is 5.15. The van der Waals surface area contributed by atoms with E-state index in [4.69, 9.17) is 17.3 Å². The number of carbonyl (C=O) groups excluding carboxylic acids is 1. The molecule has 2 aromatic carbocycles. The third-order valence-electron chi connectivity index (χ3n) is 7.57. The van der Waals surface area contributed by atoms with Crippen molar-refractivity contribution in [1.29, 1.82) is 5.26 Å². The molecule has 1 atom stereocenters. The normalized spacial score (nSPS) is 14.8. The number of nitriles is 1. The zero-order valence-electron chi connectivity index (χ0n) is 23.5. The lowest BCUT2D eigenvalue weighted by Crippen LogP contribution is -2.34. The maximum absolute atomic E-state index is 12.2. The molecular weight excluding hydrogens is 550 g/mol. The number of hydrogen-bond donors (Lipinski definition) is 3. The van der Waals surface area contributed by atoms with Crippen LogP contribution in [0.3, 0.4) is 0 Å². The van der Waals surface area contributed by atoms with E-state index in [9.17, 15) is 10.1 Å².